The van der Waals surface area contributed by atoms with Gasteiger partial charge in [-0.2, -0.15) is 0 Å². The van der Waals surface area contributed by atoms with Crippen molar-refractivity contribution in [3.05, 3.63) is 71.3 Å². The molecule has 1 aliphatic rings. The molecule has 0 N–H and O–H groups in total. The van der Waals surface area contributed by atoms with Crippen molar-refractivity contribution in [3.63, 3.8) is 0 Å². The van der Waals surface area contributed by atoms with E-state index in [0.29, 0.717) is 6.04 Å². The van der Waals surface area contributed by atoms with Crippen molar-refractivity contribution in [3.8, 4) is 0 Å². The van der Waals surface area contributed by atoms with Gasteiger partial charge in [0.1, 0.15) is 6.04 Å². The molecule has 1 heterocycles. The molecule has 0 aliphatic carbocycles. The van der Waals surface area contributed by atoms with Gasteiger partial charge in [0.05, 0.1) is 20.6 Å². The van der Waals surface area contributed by atoms with Crippen LogP contribution in [0.15, 0.2) is 54.6 Å². The van der Waals surface area contributed by atoms with Crippen LogP contribution in [0.25, 0.3) is 0 Å². The third kappa shape index (κ3) is 2.54. The Bertz CT molecular complexity index is 548. The van der Waals surface area contributed by atoms with Crippen LogP contribution in [0.1, 0.15) is 22.7 Å². The van der Waals surface area contributed by atoms with Crippen LogP contribution in [0.5, 0.6) is 0 Å². The first-order valence-corrected chi connectivity index (χ1v) is 6.64. The molecule has 0 radical (unpaired) electrons. The molecule has 19 heavy (non-hydrogen) atoms. The van der Waals surface area contributed by atoms with Gasteiger partial charge in [-0.1, -0.05) is 54.6 Å². The number of fused-ring (bicyclic) bond motifs is 1. The molecule has 0 amide bonds. The van der Waals surface area contributed by atoms with Crippen molar-refractivity contribution in [1.82, 2.24) is 0 Å². The van der Waals surface area contributed by atoms with E-state index in [4.69, 9.17) is 0 Å². The Labute approximate surface area is 121 Å². The number of quaternary nitrogens is 1. The van der Waals surface area contributed by atoms with E-state index in [2.05, 4.69) is 68.7 Å². The van der Waals surface area contributed by atoms with Gasteiger partial charge in [-0.05, 0) is 5.56 Å². The zero-order valence-electron chi connectivity index (χ0n) is 11.5. The fourth-order valence-corrected chi connectivity index (χ4v) is 3.16. The summed E-state index contributed by atoms with van der Waals surface area (Å²) >= 11 is 0. The summed E-state index contributed by atoms with van der Waals surface area (Å²) in [5.41, 5.74) is 4.44. The number of likely N-dealkylation sites (N-methyl/N-ethyl adjacent to an activating group) is 1. The highest BCUT2D eigenvalue weighted by Gasteiger charge is 2.36. The van der Waals surface area contributed by atoms with E-state index in [-0.39, 0.29) is 12.4 Å². The van der Waals surface area contributed by atoms with Gasteiger partial charge in [-0.15, -0.1) is 0 Å². The molecule has 0 bridgehead atoms. The lowest BCUT2D eigenvalue weighted by Crippen LogP contribution is -3.00. The Balaban J connectivity index is 0.00000133. The number of hydrogen-bond donors (Lipinski definition) is 0. The van der Waals surface area contributed by atoms with Crippen LogP contribution in [-0.2, 0) is 6.42 Å². The molecular weight excluding hydrogens is 254 g/mol. The predicted octanol–water partition coefficient (Wildman–Crippen LogP) is 0.413. The summed E-state index contributed by atoms with van der Waals surface area (Å²) in [7, 11) is 4.68. The van der Waals surface area contributed by atoms with Gasteiger partial charge in [0.2, 0.25) is 0 Å². The number of hydrogen-bond acceptors (Lipinski definition) is 0. The standard InChI is InChI=1S/C17H20N.ClH/c1-18(2)13-12-14-8-6-7-11-16(14)17(18)15-9-4-3-5-10-15;/h3-11,17H,12-13H2,1-2H3;1H/q+1;/p-1. The number of nitrogens with zero attached hydrogens (tertiary/aromatic N) is 1. The average molecular weight is 274 g/mol. The Hall–Kier alpha value is -1.31. The van der Waals surface area contributed by atoms with Crippen LogP contribution in [-0.4, -0.2) is 25.1 Å². The van der Waals surface area contributed by atoms with Crippen molar-refractivity contribution in [2.75, 3.05) is 20.6 Å². The molecule has 100 valence electrons. The minimum atomic E-state index is 0. The van der Waals surface area contributed by atoms with Crippen molar-refractivity contribution >= 4 is 0 Å². The summed E-state index contributed by atoms with van der Waals surface area (Å²) in [5.74, 6) is 0. The first-order chi connectivity index (χ1) is 8.68. The van der Waals surface area contributed by atoms with Crippen molar-refractivity contribution in [2.24, 2.45) is 0 Å². The molecule has 0 aromatic heterocycles. The fraction of sp³-hybridized carbons (Fsp3) is 0.294. The van der Waals surface area contributed by atoms with Gasteiger partial charge in [0, 0.05) is 17.5 Å². The summed E-state index contributed by atoms with van der Waals surface area (Å²) in [6.45, 7) is 1.20. The second kappa shape index (κ2) is 5.36. The molecular formula is C17H20ClN. The molecule has 2 aromatic rings. The lowest BCUT2D eigenvalue weighted by atomic mass is 9.87. The number of rotatable bonds is 1. The predicted molar refractivity (Wildman–Crippen MR) is 75.4 cm³/mol. The highest BCUT2D eigenvalue weighted by atomic mass is 35.5. The van der Waals surface area contributed by atoms with Crippen LogP contribution in [0.4, 0.5) is 0 Å². The zero-order chi connectivity index (χ0) is 12.6. The third-order valence-electron chi connectivity index (χ3n) is 4.12. The van der Waals surface area contributed by atoms with Crippen LogP contribution < -0.4 is 12.4 Å². The largest absolute Gasteiger partial charge is 1.00 e. The van der Waals surface area contributed by atoms with E-state index in [9.17, 15) is 0 Å². The quantitative estimate of drug-likeness (QED) is 0.661. The van der Waals surface area contributed by atoms with Crippen LogP contribution in [0, 0.1) is 0 Å². The van der Waals surface area contributed by atoms with E-state index in [1.54, 1.807) is 0 Å². The second-order valence-electron chi connectivity index (χ2n) is 5.76. The first-order valence-electron chi connectivity index (χ1n) is 6.64. The summed E-state index contributed by atoms with van der Waals surface area (Å²) < 4.78 is 1.04. The molecule has 1 unspecified atom stereocenters. The van der Waals surface area contributed by atoms with Crippen LogP contribution in [0.3, 0.4) is 0 Å². The van der Waals surface area contributed by atoms with Gasteiger partial charge in [-0.3, -0.25) is 0 Å². The topological polar surface area (TPSA) is 0 Å². The lowest BCUT2D eigenvalue weighted by Gasteiger charge is -2.42. The normalized spacial score (nSPS) is 20.2. The van der Waals surface area contributed by atoms with Crippen molar-refractivity contribution in [1.29, 1.82) is 0 Å². The van der Waals surface area contributed by atoms with Gasteiger partial charge in [-0.25, -0.2) is 0 Å². The van der Waals surface area contributed by atoms with Crippen LogP contribution >= 0.6 is 0 Å². The van der Waals surface area contributed by atoms with Gasteiger partial charge in [0.25, 0.3) is 0 Å². The number of halogens is 1. The highest BCUT2D eigenvalue weighted by Crippen LogP contribution is 2.37. The van der Waals surface area contributed by atoms with Gasteiger partial charge >= 0.3 is 0 Å². The maximum Gasteiger partial charge on any atom is 0.140 e. The Morgan fingerprint density at radius 1 is 0.895 bits per heavy atom. The lowest BCUT2D eigenvalue weighted by molar-refractivity contribution is -0.917. The van der Waals surface area contributed by atoms with E-state index in [1.165, 1.54) is 29.7 Å². The van der Waals surface area contributed by atoms with E-state index >= 15 is 0 Å². The second-order valence-corrected chi connectivity index (χ2v) is 5.76. The van der Waals surface area contributed by atoms with Gasteiger partial charge < -0.3 is 16.9 Å². The Kier molecular flexibility index (Phi) is 3.98. The minimum absolute atomic E-state index is 0. The summed E-state index contributed by atoms with van der Waals surface area (Å²) in [6.07, 6.45) is 1.19. The molecule has 0 spiro atoms. The third-order valence-corrected chi connectivity index (χ3v) is 4.12. The molecule has 1 atom stereocenters. The Morgan fingerprint density at radius 3 is 2.26 bits per heavy atom. The molecule has 3 rings (SSSR count). The maximum absolute atomic E-state index is 2.34. The van der Waals surface area contributed by atoms with Crippen molar-refractivity contribution < 1.29 is 16.9 Å². The Morgan fingerprint density at radius 2 is 1.53 bits per heavy atom. The maximum atomic E-state index is 2.34. The minimum Gasteiger partial charge on any atom is -1.00 e. The summed E-state index contributed by atoms with van der Waals surface area (Å²) in [6, 6.07) is 20.3. The first kappa shape index (κ1) is 14.1. The van der Waals surface area contributed by atoms with E-state index in [1.807, 2.05) is 0 Å². The molecule has 1 aliphatic heterocycles. The number of benzene rings is 2. The SMILES string of the molecule is C[N+]1(C)CCc2ccccc2C1c1ccccc1.[Cl-]. The average Bonchev–Trinajstić information content (AvgIpc) is 2.39. The van der Waals surface area contributed by atoms with Crippen molar-refractivity contribution in [2.45, 2.75) is 12.5 Å². The summed E-state index contributed by atoms with van der Waals surface area (Å²) in [5, 5.41) is 0. The zero-order valence-corrected chi connectivity index (χ0v) is 12.3. The van der Waals surface area contributed by atoms with E-state index < -0.39 is 0 Å². The van der Waals surface area contributed by atoms with E-state index in [0.717, 1.165) is 4.48 Å². The highest BCUT2D eigenvalue weighted by molar-refractivity contribution is 5.37. The molecule has 0 saturated carbocycles. The molecule has 2 heteroatoms. The molecule has 0 fully saturated rings. The fourth-order valence-electron chi connectivity index (χ4n) is 3.16. The van der Waals surface area contributed by atoms with Gasteiger partial charge in [0.15, 0.2) is 0 Å². The molecule has 1 nitrogen and oxygen atoms in total. The summed E-state index contributed by atoms with van der Waals surface area (Å²) in [4.78, 5) is 0. The monoisotopic (exact) mass is 273 g/mol. The molecule has 0 saturated heterocycles. The smallest absolute Gasteiger partial charge is 0.140 e. The molecule has 2 aromatic carbocycles. The van der Waals surface area contributed by atoms with Crippen LogP contribution in [0.2, 0.25) is 0 Å².